The summed E-state index contributed by atoms with van der Waals surface area (Å²) in [5.74, 6) is -0.564. The number of anilines is 1. The molecular weight excluding hydrogens is 521 g/mol. The largest absolute Gasteiger partial charge is 0.370 e. The van der Waals surface area contributed by atoms with E-state index < -0.39 is 0 Å². The number of fused-ring (bicyclic) bond motifs is 2. The van der Waals surface area contributed by atoms with E-state index in [-0.39, 0.29) is 29.5 Å². The Morgan fingerprint density at radius 3 is 2.66 bits per heavy atom. The number of hydrogen-bond donors (Lipinski definition) is 1. The van der Waals surface area contributed by atoms with Crippen LogP contribution in [0, 0.1) is 5.82 Å². The Morgan fingerprint density at radius 1 is 1.05 bits per heavy atom. The molecule has 41 heavy (non-hydrogen) atoms. The number of benzene rings is 2. The molecule has 2 N–H and O–H groups in total. The first-order valence-corrected chi connectivity index (χ1v) is 13.8. The molecule has 1 fully saturated rings. The predicted molar refractivity (Wildman–Crippen MR) is 153 cm³/mol. The van der Waals surface area contributed by atoms with Gasteiger partial charge in [0.15, 0.2) is 5.65 Å². The van der Waals surface area contributed by atoms with Gasteiger partial charge in [-0.3, -0.25) is 4.79 Å². The second-order valence-corrected chi connectivity index (χ2v) is 10.8. The molecule has 3 aromatic heterocycles. The third-order valence-electron chi connectivity index (χ3n) is 8.18. The highest BCUT2D eigenvalue weighted by Crippen LogP contribution is 2.32. The van der Waals surface area contributed by atoms with Crippen LogP contribution in [0.25, 0.3) is 28.3 Å². The minimum absolute atomic E-state index is 0.0938. The van der Waals surface area contributed by atoms with Crippen LogP contribution in [0.4, 0.5) is 10.1 Å². The molecule has 1 saturated heterocycles. The fraction of sp³-hybridized carbons (Fsp3) is 0.300. The summed E-state index contributed by atoms with van der Waals surface area (Å²) in [5.41, 5.74) is 11.8. The van der Waals surface area contributed by atoms with Crippen LogP contribution in [0.2, 0.25) is 0 Å². The Labute approximate surface area is 236 Å². The van der Waals surface area contributed by atoms with E-state index in [0.29, 0.717) is 41.4 Å². The Hall–Kier alpha value is -4.64. The van der Waals surface area contributed by atoms with Crippen LogP contribution in [0.5, 0.6) is 0 Å². The zero-order chi connectivity index (χ0) is 28.2. The summed E-state index contributed by atoms with van der Waals surface area (Å²) in [6, 6.07) is 16.8. The average molecular weight is 552 g/mol. The lowest BCUT2D eigenvalue weighted by atomic mass is 9.93. The number of aromatic nitrogens is 6. The van der Waals surface area contributed by atoms with Gasteiger partial charge in [-0.25, -0.2) is 13.9 Å². The standard InChI is InChI=1S/C30H30FN9O/c1-18-22-6-4-3-5-19(22)9-12-39(18)30(41)26-14-28(27-16-33-37(2)35-27)40-29(34-26)15-25(36-40)23-8-7-21(13-24(23)31)38-11-10-20(32)17-38/h3-8,13-16,18,20H,9-12,17,32H2,1-2H3/t18-,20+/m1/s1. The summed E-state index contributed by atoms with van der Waals surface area (Å²) in [7, 11) is 1.72. The van der Waals surface area contributed by atoms with E-state index in [2.05, 4.69) is 27.2 Å². The smallest absolute Gasteiger partial charge is 0.273 e. The van der Waals surface area contributed by atoms with Crippen molar-refractivity contribution < 1.29 is 9.18 Å². The summed E-state index contributed by atoms with van der Waals surface area (Å²) in [6.07, 6.45) is 3.28. The van der Waals surface area contributed by atoms with Crippen LogP contribution in [0.3, 0.4) is 0 Å². The van der Waals surface area contributed by atoms with Crippen LogP contribution in [0.1, 0.15) is 41.0 Å². The average Bonchev–Trinajstić information content (AvgIpc) is 3.72. The summed E-state index contributed by atoms with van der Waals surface area (Å²) >= 11 is 0. The van der Waals surface area contributed by atoms with Crippen LogP contribution in [0.15, 0.2) is 60.8 Å². The first-order valence-electron chi connectivity index (χ1n) is 13.8. The number of aryl methyl sites for hydroxylation is 1. The van der Waals surface area contributed by atoms with Gasteiger partial charge in [0.25, 0.3) is 5.91 Å². The highest BCUT2D eigenvalue weighted by atomic mass is 19.1. The molecule has 2 aromatic carbocycles. The lowest BCUT2D eigenvalue weighted by Crippen LogP contribution is -2.39. The Balaban J connectivity index is 1.29. The van der Waals surface area contributed by atoms with Crippen molar-refractivity contribution in [3.63, 3.8) is 0 Å². The van der Waals surface area contributed by atoms with E-state index in [1.807, 2.05) is 30.0 Å². The van der Waals surface area contributed by atoms with Crippen LogP contribution in [-0.2, 0) is 13.5 Å². The zero-order valence-corrected chi connectivity index (χ0v) is 22.9. The summed E-state index contributed by atoms with van der Waals surface area (Å²) in [6.45, 7) is 4.14. The number of rotatable bonds is 4. The second-order valence-electron chi connectivity index (χ2n) is 10.8. The van der Waals surface area contributed by atoms with Crippen LogP contribution >= 0.6 is 0 Å². The number of amides is 1. The number of hydrogen-bond acceptors (Lipinski definition) is 7. The number of nitrogens with zero attached hydrogens (tertiary/aromatic N) is 8. The van der Waals surface area contributed by atoms with Gasteiger partial charge in [0.2, 0.25) is 0 Å². The lowest BCUT2D eigenvalue weighted by Gasteiger charge is -2.35. The number of halogens is 1. The molecule has 2 aliphatic heterocycles. The molecule has 5 heterocycles. The first-order chi connectivity index (χ1) is 19.9. The number of carbonyl (C=O) groups is 1. The van der Waals surface area contributed by atoms with E-state index in [1.165, 1.54) is 16.4 Å². The SMILES string of the molecule is C[C@@H]1c2ccccc2CCN1C(=O)c1cc(-c2cnn(C)n2)n2nc(-c3ccc(N4CC[C@H](N)C4)cc3F)cc2n1. The van der Waals surface area contributed by atoms with Crippen molar-refractivity contribution in [3.8, 4) is 22.6 Å². The highest BCUT2D eigenvalue weighted by molar-refractivity contribution is 5.94. The van der Waals surface area contributed by atoms with Gasteiger partial charge >= 0.3 is 0 Å². The molecule has 5 aromatic rings. The Kier molecular flexibility index (Phi) is 6.04. The molecule has 0 radical (unpaired) electrons. The van der Waals surface area contributed by atoms with Gasteiger partial charge in [-0.15, -0.1) is 0 Å². The van der Waals surface area contributed by atoms with Gasteiger partial charge in [-0.05, 0) is 55.2 Å². The molecule has 7 rings (SSSR count). The van der Waals surface area contributed by atoms with Gasteiger partial charge in [0.1, 0.15) is 17.2 Å². The maximum atomic E-state index is 15.4. The van der Waals surface area contributed by atoms with Gasteiger partial charge in [0, 0.05) is 50.0 Å². The van der Waals surface area contributed by atoms with Gasteiger partial charge < -0.3 is 15.5 Å². The minimum atomic E-state index is -0.385. The van der Waals surface area contributed by atoms with Crippen molar-refractivity contribution in [1.29, 1.82) is 0 Å². The molecule has 11 heteroatoms. The maximum absolute atomic E-state index is 15.4. The van der Waals surface area contributed by atoms with Crippen molar-refractivity contribution >= 4 is 17.2 Å². The molecule has 0 unspecified atom stereocenters. The highest BCUT2D eigenvalue weighted by Gasteiger charge is 2.30. The van der Waals surface area contributed by atoms with Crippen LogP contribution in [-0.4, -0.2) is 66.1 Å². The van der Waals surface area contributed by atoms with Crippen molar-refractivity contribution in [2.45, 2.75) is 31.8 Å². The lowest BCUT2D eigenvalue weighted by molar-refractivity contribution is 0.0672. The third-order valence-corrected chi connectivity index (χ3v) is 8.18. The molecule has 10 nitrogen and oxygen atoms in total. The van der Waals surface area contributed by atoms with Gasteiger partial charge in [-0.2, -0.15) is 20.1 Å². The fourth-order valence-corrected chi connectivity index (χ4v) is 5.99. The van der Waals surface area contributed by atoms with Gasteiger partial charge in [0.05, 0.1) is 23.6 Å². The monoisotopic (exact) mass is 551 g/mol. The molecule has 208 valence electrons. The van der Waals surface area contributed by atoms with E-state index in [1.54, 1.807) is 36.0 Å². The van der Waals surface area contributed by atoms with Crippen molar-refractivity contribution in [2.24, 2.45) is 12.8 Å². The molecule has 0 aliphatic carbocycles. The number of nitrogens with two attached hydrogens (primary N) is 1. The predicted octanol–water partition coefficient (Wildman–Crippen LogP) is 3.63. The zero-order valence-electron chi connectivity index (χ0n) is 22.9. The minimum Gasteiger partial charge on any atom is -0.370 e. The van der Waals surface area contributed by atoms with Crippen molar-refractivity contribution in [1.82, 2.24) is 34.5 Å². The van der Waals surface area contributed by atoms with E-state index >= 15 is 4.39 Å². The van der Waals surface area contributed by atoms with Crippen molar-refractivity contribution in [3.05, 3.63) is 83.4 Å². The summed E-state index contributed by atoms with van der Waals surface area (Å²) in [5, 5.41) is 13.4. The molecule has 0 saturated carbocycles. The molecule has 0 spiro atoms. The van der Waals surface area contributed by atoms with Crippen LogP contribution < -0.4 is 10.6 Å². The third kappa shape index (κ3) is 4.42. The maximum Gasteiger partial charge on any atom is 0.273 e. The first kappa shape index (κ1) is 25.3. The molecule has 2 aliphatic rings. The van der Waals surface area contributed by atoms with E-state index in [4.69, 9.17) is 15.8 Å². The molecule has 1 amide bonds. The second kappa shape index (κ2) is 9.77. The Morgan fingerprint density at radius 2 is 1.90 bits per heavy atom. The summed E-state index contributed by atoms with van der Waals surface area (Å²) < 4.78 is 17.0. The van der Waals surface area contributed by atoms with Crippen molar-refractivity contribution in [2.75, 3.05) is 24.5 Å². The topological polar surface area (TPSA) is 110 Å². The molecule has 2 atom stereocenters. The van der Waals surface area contributed by atoms with Gasteiger partial charge in [-0.1, -0.05) is 24.3 Å². The normalized spacial score (nSPS) is 18.7. The number of carbonyl (C=O) groups excluding carboxylic acids is 1. The summed E-state index contributed by atoms with van der Waals surface area (Å²) in [4.78, 5) is 24.0. The Bertz CT molecular complexity index is 1790. The molecule has 0 bridgehead atoms. The fourth-order valence-electron chi connectivity index (χ4n) is 5.99. The van der Waals surface area contributed by atoms with E-state index in [0.717, 1.165) is 30.6 Å². The molecular formula is C30H30FN9O. The quantitative estimate of drug-likeness (QED) is 0.363. The van der Waals surface area contributed by atoms with E-state index in [9.17, 15) is 4.79 Å².